The molecule has 2 nitrogen and oxygen atoms in total. The van der Waals surface area contributed by atoms with Crippen LogP contribution in [0.2, 0.25) is 0 Å². The van der Waals surface area contributed by atoms with Crippen molar-refractivity contribution in [3.63, 3.8) is 0 Å². The molecule has 0 aromatic carbocycles. The van der Waals surface area contributed by atoms with E-state index in [4.69, 9.17) is 5.11 Å². The molecule has 0 amide bonds. The summed E-state index contributed by atoms with van der Waals surface area (Å²) in [5, 5.41) is 8.75. The van der Waals surface area contributed by atoms with Crippen molar-refractivity contribution in [3.05, 3.63) is 0 Å². The maximum atomic E-state index is 11.9. The average molecular weight is 199 g/mol. The summed E-state index contributed by atoms with van der Waals surface area (Å²) in [6.45, 7) is 4.97. The van der Waals surface area contributed by atoms with Crippen molar-refractivity contribution in [1.82, 2.24) is 4.90 Å². The van der Waals surface area contributed by atoms with E-state index in [1.165, 1.54) is 4.90 Å². The highest BCUT2D eigenvalue weighted by Crippen LogP contribution is 2.22. The van der Waals surface area contributed by atoms with E-state index >= 15 is 0 Å². The van der Waals surface area contributed by atoms with Crippen molar-refractivity contribution >= 4 is 0 Å². The first-order valence-corrected chi connectivity index (χ1v) is 4.01. The second-order valence-electron chi connectivity index (χ2n) is 4.11. The Kier molecular flexibility index (Phi) is 3.75. The monoisotopic (exact) mass is 199 g/mol. The molecule has 0 aromatic heterocycles. The van der Waals surface area contributed by atoms with E-state index in [-0.39, 0.29) is 5.54 Å². The summed E-state index contributed by atoms with van der Waals surface area (Å²) in [7, 11) is 1.55. The summed E-state index contributed by atoms with van der Waals surface area (Å²) in [6.07, 6.45) is -6.80. The smallest absolute Gasteiger partial charge is 0.382 e. The SMILES string of the molecule is CN(C[C@H](O)C(F)(F)F)C(C)(C)C. The highest BCUT2D eigenvalue weighted by atomic mass is 19.4. The molecule has 80 valence electrons. The second kappa shape index (κ2) is 3.84. The molecular formula is C8H16F3NO. The fourth-order valence-corrected chi connectivity index (χ4v) is 0.637. The summed E-state index contributed by atoms with van der Waals surface area (Å²) in [5.74, 6) is 0. The standard InChI is InChI=1S/C8H16F3NO/c1-7(2,3)12(4)5-6(13)8(9,10)11/h6,13H,5H2,1-4H3/t6-/m0/s1. The summed E-state index contributed by atoms with van der Waals surface area (Å²) >= 11 is 0. The van der Waals surface area contributed by atoms with Crippen LogP contribution in [0.1, 0.15) is 20.8 Å². The summed E-state index contributed by atoms with van der Waals surface area (Å²) < 4.78 is 35.8. The van der Waals surface area contributed by atoms with Crippen LogP contribution in [0.15, 0.2) is 0 Å². The fraction of sp³-hybridized carbons (Fsp3) is 1.00. The van der Waals surface area contributed by atoms with E-state index in [0.717, 1.165) is 0 Å². The van der Waals surface area contributed by atoms with Crippen LogP contribution < -0.4 is 0 Å². The first kappa shape index (κ1) is 12.7. The van der Waals surface area contributed by atoms with Gasteiger partial charge < -0.3 is 5.11 Å². The maximum Gasteiger partial charge on any atom is 0.415 e. The van der Waals surface area contributed by atoms with Crippen LogP contribution in [-0.4, -0.2) is 41.4 Å². The van der Waals surface area contributed by atoms with Gasteiger partial charge in [-0.05, 0) is 27.8 Å². The van der Waals surface area contributed by atoms with Gasteiger partial charge in [-0.1, -0.05) is 0 Å². The van der Waals surface area contributed by atoms with E-state index in [9.17, 15) is 13.2 Å². The number of aliphatic hydroxyl groups is 1. The molecule has 0 heterocycles. The lowest BCUT2D eigenvalue weighted by molar-refractivity contribution is -0.209. The van der Waals surface area contributed by atoms with Crippen molar-refractivity contribution in [2.45, 2.75) is 38.6 Å². The van der Waals surface area contributed by atoms with E-state index < -0.39 is 18.8 Å². The largest absolute Gasteiger partial charge is 0.415 e. The van der Waals surface area contributed by atoms with Gasteiger partial charge >= 0.3 is 6.18 Å². The predicted octanol–water partition coefficient (Wildman–Crippen LogP) is 1.64. The number of aliphatic hydroxyl groups excluding tert-OH is 1. The molecule has 0 saturated carbocycles. The lowest BCUT2D eigenvalue weighted by Crippen LogP contribution is -2.46. The zero-order valence-corrected chi connectivity index (χ0v) is 8.31. The molecule has 0 unspecified atom stereocenters. The lowest BCUT2D eigenvalue weighted by Gasteiger charge is -2.33. The summed E-state index contributed by atoms with van der Waals surface area (Å²) in [4.78, 5) is 1.46. The van der Waals surface area contributed by atoms with Crippen molar-refractivity contribution in [1.29, 1.82) is 0 Å². The molecule has 0 aromatic rings. The average Bonchev–Trinajstić information content (AvgIpc) is 1.82. The Bertz CT molecular complexity index is 144. The first-order valence-electron chi connectivity index (χ1n) is 4.01. The van der Waals surface area contributed by atoms with Gasteiger partial charge in [0.15, 0.2) is 6.10 Å². The van der Waals surface area contributed by atoms with Gasteiger partial charge in [0, 0.05) is 12.1 Å². The van der Waals surface area contributed by atoms with Crippen LogP contribution in [0.25, 0.3) is 0 Å². The second-order valence-corrected chi connectivity index (χ2v) is 4.11. The van der Waals surface area contributed by atoms with Crippen molar-refractivity contribution in [2.24, 2.45) is 0 Å². The number of hydrogen-bond donors (Lipinski definition) is 1. The Hall–Kier alpha value is -0.290. The maximum absolute atomic E-state index is 11.9. The molecule has 0 aliphatic carbocycles. The topological polar surface area (TPSA) is 23.5 Å². The minimum absolute atomic E-state index is 0.369. The van der Waals surface area contributed by atoms with Gasteiger partial charge in [0.25, 0.3) is 0 Å². The van der Waals surface area contributed by atoms with Gasteiger partial charge in [0.1, 0.15) is 0 Å². The zero-order valence-electron chi connectivity index (χ0n) is 8.31. The highest BCUT2D eigenvalue weighted by Gasteiger charge is 2.39. The van der Waals surface area contributed by atoms with E-state index in [2.05, 4.69) is 0 Å². The summed E-state index contributed by atoms with van der Waals surface area (Å²) in [6, 6.07) is 0. The number of β-amino-alcohol motifs (C(OH)–C–C–N with tert-alkyl or cyclic N) is 1. The van der Waals surface area contributed by atoms with E-state index in [1.54, 1.807) is 27.8 Å². The number of likely N-dealkylation sites (N-methyl/N-ethyl adjacent to an activating group) is 1. The quantitative estimate of drug-likeness (QED) is 0.730. The molecule has 0 aliphatic heterocycles. The fourth-order valence-electron chi connectivity index (χ4n) is 0.637. The van der Waals surface area contributed by atoms with Gasteiger partial charge in [0.05, 0.1) is 0 Å². The Morgan fingerprint density at radius 3 is 1.85 bits per heavy atom. The van der Waals surface area contributed by atoms with Crippen LogP contribution in [0.5, 0.6) is 0 Å². The molecule has 0 aliphatic rings. The van der Waals surface area contributed by atoms with Crippen LogP contribution >= 0.6 is 0 Å². The number of hydrogen-bond acceptors (Lipinski definition) is 2. The molecule has 0 rings (SSSR count). The number of nitrogens with zero attached hydrogens (tertiary/aromatic N) is 1. The van der Waals surface area contributed by atoms with Gasteiger partial charge in [-0.15, -0.1) is 0 Å². The third-order valence-electron chi connectivity index (χ3n) is 1.97. The molecular weight excluding hydrogens is 183 g/mol. The Morgan fingerprint density at radius 1 is 1.23 bits per heavy atom. The minimum atomic E-state index is -4.53. The van der Waals surface area contributed by atoms with Gasteiger partial charge in [-0.3, -0.25) is 4.90 Å². The molecule has 1 atom stereocenters. The molecule has 0 bridgehead atoms. The third-order valence-corrected chi connectivity index (χ3v) is 1.97. The Labute approximate surface area is 76.3 Å². The Balaban J connectivity index is 4.15. The van der Waals surface area contributed by atoms with Gasteiger partial charge in [-0.25, -0.2) is 0 Å². The molecule has 13 heavy (non-hydrogen) atoms. The molecule has 0 radical (unpaired) electrons. The predicted molar refractivity (Wildman–Crippen MR) is 44.4 cm³/mol. The molecule has 0 saturated heterocycles. The highest BCUT2D eigenvalue weighted by molar-refractivity contribution is 4.77. The number of halogens is 3. The summed E-state index contributed by atoms with van der Waals surface area (Å²) in [5.41, 5.74) is -0.369. The van der Waals surface area contributed by atoms with Crippen LogP contribution in [0.4, 0.5) is 13.2 Å². The number of rotatable bonds is 2. The molecule has 0 fully saturated rings. The van der Waals surface area contributed by atoms with Crippen molar-refractivity contribution in [3.8, 4) is 0 Å². The van der Waals surface area contributed by atoms with Crippen molar-refractivity contribution in [2.75, 3.05) is 13.6 Å². The van der Waals surface area contributed by atoms with Crippen LogP contribution in [-0.2, 0) is 0 Å². The molecule has 1 N–H and O–H groups in total. The van der Waals surface area contributed by atoms with Gasteiger partial charge in [-0.2, -0.15) is 13.2 Å². The number of alkyl halides is 3. The van der Waals surface area contributed by atoms with E-state index in [1.807, 2.05) is 0 Å². The van der Waals surface area contributed by atoms with E-state index in [0.29, 0.717) is 0 Å². The van der Waals surface area contributed by atoms with Crippen molar-refractivity contribution < 1.29 is 18.3 Å². The normalized spacial score (nSPS) is 16.4. The molecule has 0 spiro atoms. The minimum Gasteiger partial charge on any atom is -0.382 e. The van der Waals surface area contributed by atoms with Crippen LogP contribution in [0.3, 0.4) is 0 Å². The molecule has 5 heteroatoms. The van der Waals surface area contributed by atoms with Crippen LogP contribution in [0, 0.1) is 0 Å². The zero-order chi connectivity index (χ0) is 10.9. The third kappa shape index (κ3) is 4.47. The lowest BCUT2D eigenvalue weighted by atomic mass is 10.1. The first-order chi connectivity index (χ1) is 5.55. The van der Waals surface area contributed by atoms with Gasteiger partial charge in [0.2, 0.25) is 0 Å². The Morgan fingerprint density at radius 2 is 1.62 bits per heavy atom.